The standard InChI is InChI=1S/C20H16FNO3/c21-12-3-1-4-13(9-12)22-10-17-18(24-11-22)8-7-15-14-5-2-6-16(14)20(23)25-19(15)17/h1,3-4,7-9H,2,5-6,10-11H2. The van der Waals surface area contributed by atoms with E-state index in [0.29, 0.717) is 18.9 Å². The zero-order valence-corrected chi connectivity index (χ0v) is 13.5. The Morgan fingerprint density at radius 3 is 2.80 bits per heavy atom. The number of ether oxygens (including phenoxy) is 1. The Morgan fingerprint density at radius 1 is 1.04 bits per heavy atom. The number of aryl methyl sites for hydroxylation is 1. The first kappa shape index (κ1) is 14.5. The Labute approximate surface area is 143 Å². The Hall–Kier alpha value is -2.82. The maximum absolute atomic E-state index is 13.5. The summed E-state index contributed by atoms with van der Waals surface area (Å²) in [5.41, 5.74) is 3.87. The predicted octanol–water partition coefficient (Wildman–Crippen LogP) is 3.78. The second kappa shape index (κ2) is 5.34. The number of rotatable bonds is 1. The smallest absolute Gasteiger partial charge is 0.339 e. The van der Waals surface area contributed by atoms with Gasteiger partial charge in [-0.3, -0.25) is 0 Å². The van der Waals surface area contributed by atoms with Crippen LogP contribution in [0, 0.1) is 5.82 Å². The lowest BCUT2D eigenvalue weighted by atomic mass is 10.0. The zero-order valence-electron chi connectivity index (χ0n) is 13.5. The average Bonchev–Trinajstić information content (AvgIpc) is 3.12. The molecule has 0 N–H and O–H groups in total. The molecule has 2 heterocycles. The summed E-state index contributed by atoms with van der Waals surface area (Å²) < 4.78 is 25.1. The lowest BCUT2D eigenvalue weighted by molar-refractivity contribution is 0.289. The van der Waals surface area contributed by atoms with Gasteiger partial charge in [0.2, 0.25) is 0 Å². The van der Waals surface area contributed by atoms with Crippen molar-refractivity contribution >= 4 is 16.7 Å². The fourth-order valence-corrected chi connectivity index (χ4v) is 3.89. The van der Waals surface area contributed by atoms with E-state index in [0.717, 1.165) is 52.8 Å². The van der Waals surface area contributed by atoms with Gasteiger partial charge in [-0.2, -0.15) is 0 Å². The third-order valence-electron chi connectivity index (χ3n) is 5.10. The summed E-state index contributed by atoms with van der Waals surface area (Å²) >= 11 is 0. The summed E-state index contributed by atoms with van der Waals surface area (Å²) in [6, 6.07) is 10.3. The second-order valence-electron chi connectivity index (χ2n) is 6.57. The van der Waals surface area contributed by atoms with Crippen LogP contribution in [0.1, 0.15) is 23.1 Å². The molecule has 0 atom stereocenters. The van der Waals surface area contributed by atoms with Gasteiger partial charge in [0.1, 0.15) is 17.1 Å². The Kier molecular flexibility index (Phi) is 3.10. The lowest BCUT2D eigenvalue weighted by Crippen LogP contribution is -2.32. The molecule has 0 spiro atoms. The van der Waals surface area contributed by atoms with E-state index in [9.17, 15) is 9.18 Å². The quantitative estimate of drug-likeness (QED) is 0.634. The molecule has 0 saturated heterocycles. The molecule has 0 saturated carbocycles. The minimum Gasteiger partial charge on any atom is -0.473 e. The van der Waals surface area contributed by atoms with Crippen LogP contribution in [0.3, 0.4) is 0 Å². The van der Waals surface area contributed by atoms with Gasteiger partial charge in [-0.1, -0.05) is 6.07 Å². The number of halogens is 1. The summed E-state index contributed by atoms with van der Waals surface area (Å²) in [6.07, 6.45) is 2.68. The Bertz CT molecular complexity index is 1060. The number of anilines is 1. The van der Waals surface area contributed by atoms with Crippen molar-refractivity contribution in [3.8, 4) is 5.75 Å². The van der Waals surface area contributed by atoms with Crippen molar-refractivity contribution in [3.05, 3.63) is 69.3 Å². The summed E-state index contributed by atoms with van der Waals surface area (Å²) in [6.45, 7) is 0.842. The van der Waals surface area contributed by atoms with Crippen molar-refractivity contribution in [2.75, 3.05) is 11.6 Å². The third kappa shape index (κ3) is 2.22. The Morgan fingerprint density at radius 2 is 1.92 bits per heavy atom. The molecule has 25 heavy (non-hydrogen) atoms. The summed E-state index contributed by atoms with van der Waals surface area (Å²) in [4.78, 5) is 14.3. The highest BCUT2D eigenvalue weighted by Crippen LogP contribution is 2.37. The van der Waals surface area contributed by atoms with Crippen LogP contribution >= 0.6 is 0 Å². The Balaban J connectivity index is 1.66. The van der Waals surface area contributed by atoms with E-state index < -0.39 is 0 Å². The molecule has 2 aromatic carbocycles. The molecule has 0 amide bonds. The zero-order chi connectivity index (χ0) is 17.0. The van der Waals surface area contributed by atoms with E-state index in [1.807, 2.05) is 23.1 Å². The van der Waals surface area contributed by atoms with Crippen LogP contribution in [-0.4, -0.2) is 6.73 Å². The van der Waals surface area contributed by atoms with Gasteiger partial charge in [0, 0.05) is 16.6 Å². The van der Waals surface area contributed by atoms with Crippen molar-refractivity contribution in [1.29, 1.82) is 0 Å². The molecule has 0 radical (unpaired) electrons. The fraction of sp³-hybridized carbons (Fsp3) is 0.250. The molecule has 5 rings (SSSR count). The van der Waals surface area contributed by atoms with Crippen LogP contribution in [0.15, 0.2) is 45.6 Å². The molecule has 1 aromatic heterocycles. The van der Waals surface area contributed by atoms with E-state index in [-0.39, 0.29) is 11.4 Å². The van der Waals surface area contributed by atoms with Crippen LogP contribution in [-0.2, 0) is 19.4 Å². The molecule has 1 aliphatic carbocycles. The van der Waals surface area contributed by atoms with Crippen LogP contribution in [0.2, 0.25) is 0 Å². The van der Waals surface area contributed by atoms with Crippen molar-refractivity contribution < 1.29 is 13.5 Å². The molecule has 0 fully saturated rings. The fourth-order valence-electron chi connectivity index (χ4n) is 3.89. The maximum atomic E-state index is 13.5. The van der Waals surface area contributed by atoms with Gasteiger partial charge in [0.25, 0.3) is 0 Å². The molecular weight excluding hydrogens is 321 g/mol. The highest BCUT2D eigenvalue weighted by Gasteiger charge is 2.26. The van der Waals surface area contributed by atoms with Crippen LogP contribution in [0.5, 0.6) is 5.75 Å². The largest absolute Gasteiger partial charge is 0.473 e. The summed E-state index contributed by atoms with van der Waals surface area (Å²) in [5.74, 6) is 0.437. The maximum Gasteiger partial charge on any atom is 0.339 e. The van der Waals surface area contributed by atoms with Gasteiger partial charge in [0.15, 0.2) is 6.73 Å². The topological polar surface area (TPSA) is 42.7 Å². The monoisotopic (exact) mass is 337 g/mol. The molecular formula is C20H16FNO3. The molecule has 2 aliphatic rings. The van der Waals surface area contributed by atoms with Crippen molar-refractivity contribution in [3.63, 3.8) is 0 Å². The van der Waals surface area contributed by atoms with E-state index in [4.69, 9.17) is 9.15 Å². The molecule has 0 unspecified atom stereocenters. The van der Waals surface area contributed by atoms with Crippen molar-refractivity contribution in [2.45, 2.75) is 25.8 Å². The number of hydrogen-bond donors (Lipinski definition) is 0. The average molecular weight is 337 g/mol. The normalized spacial score (nSPS) is 15.8. The van der Waals surface area contributed by atoms with Crippen LogP contribution < -0.4 is 15.3 Å². The first-order chi connectivity index (χ1) is 12.2. The number of nitrogens with zero attached hydrogens (tertiary/aromatic N) is 1. The first-order valence-electron chi connectivity index (χ1n) is 8.44. The SMILES string of the molecule is O=c1oc2c3c(ccc2c2c1CCC2)OCN(c1cccc(F)c1)C3. The van der Waals surface area contributed by atoms with E-state index in [2.05, 4.69) is 0 Å². The van der Waals surface area contributed by atoms with E-state index >= 15 is 0 Å². The third-order valence-corrected chi connectivity index (χ3v) is 5.10. The molecule has 0 bridgehead atoms. The number of benzene rings is 2. The highest BCUT2D eigenvalue weighted by molar-refractivity contribution is 5.87. The van der Waals surface area contributed by atoms with Gasteiger partial charge in [-0.25, -0.2) is 9.18 Å². The molecule has 1 aliphatic heterocycles. The van der Waals surface area contributed by atoms with Gasteiger partial charge in [0.05, 0.1) is 12.1 Å². The lowest BCUT2D eigenvalue weighted by Gasteiger charge is -2.31. The van der Waals surface area contributed by atoms with E-state index in [1.54, 1.807) is 6.07 Å². The molecule has 5 heteroatoms. The van der Waals surface area contributed by atoms with Gasteiger partial charge < -0.3 is 14.1 Å². The summed E-state index contributed by atoms with van der Waals surface area (Å²) in [7, 11) is 0. The minimum atomic E-state index is -0.287. The molecule has 3 aromatic rings. The van der Waals surface area contributed by atoms with Crippen LogP contribution in [0.4, 0.5) is 10.1 Å². The predicted molar refractivity (Wildman–Crippen MR) is 92.6 cm³/mol. The van der Waals surface area contributed by atoms with E-state index in [1.165, 1.54) is 12.1 Å². The number of fused-ring (bicyclic) bond motifs is 5. The summed E-state index contributed by atoms with van der Waals surface area (Å²) in [5, 5.41) is 0.996. The second-order valence-corrected chi connectivity index (χ2v) is 6.57. The van der Waals surface area contributed by atoms with Crippen molar-refractivity contribution in [2.24, 2.45) is 0 Å². The van der Waals surface area contributed by atoms with Crippen LogP contribution in [0.25, 0.3) is 11.0 Å². The van der Waals surface area contributed by atoms with Gasteiger partial charge >= 0.3 is 5.63 Å². The highest BCUT2D eigenvalue weighted by atomic mass is 19.1. The van der Waals surface area contributed by atoms with Crippen molar-refractivity contribution in [1.82, 2.24) is 0 Å². The molecule has 126 valence electrons. The number of hydrogen-bond acceptors (Lipinski definition) is 4. The van der Waals surface area contributed by atoms with Gasteiger partial charge in [-0.05, 0) is 55.2 Å². The van der Waals surface area contributed by atoms with Gasteiger partial charge in [-0.15, -0.1) is 0 Å². The minimum absolute atomic E-state index is 0.240. The molecule has 4 nitrogen and oxygen atoms in total. The first-order valence-corrected chi connectivity index (χ1v) is 8.44.